The Morgan fingerprint density at radius 3 is 2.29 bits per heavy atom. The fraction of sp³-hybridized carbons (Fsp3) is 1.00. The normalized spacial score (nSPS) is 15.6. The molecule has 0 saturated carbocycles. The first-order valence-corrected chi connectivity index (χ1v) is 6.63. The molecule has 1 unspecified atom stereocenters. The zero-order valence-electron chi connectivity index (χ0n) is 7.16. The van der Waals surface area contributed by atoms with Gasteiger partial charge in [-0.2, -0.15) is 13.2 Å². The molecule has 0 rings (SSSR count). The molecule has 0 bridgehead atoms. The van der Waals surface area contributed by atoms with E-state index in [4.69, 9.17) is 23.2 Å². The number of rotatable bonds is 6. The second-order valence-electron chi connectivity index (χ2n) is 2.62. The SMILES string of the molecule is FC(OCCC[SiH2]C(Cl)Cl)C(F)(F)F. The standard InChI is InChI=1S/C6H10Cl2F4OSi/c7-5(8)14-3-1-2-13-4(9)6(10,11)12/h4-5H,1-3,14H2. The second kappa shape index (κ2) is 6.87. The zero-order chi connectivity index (χ0) is 11.2. The Hall–Kier alpha value is 0.477. The number of hydrogen-bond donors (Lipinski definition) is 0. The van der Waals surface area contributed by atoms with Crippen molar-refractivity contribution in [2.45, 2.75) is 29.5 Å². The predicted octanol–water partition coefficient (Wildman–Crippen LogP) is 2.60. The van der Waals surface area contributed by atoms with Crippen LogP contribution in [0.25, 0.3) is 0 Å². The highest BCUT2D eigenvalue weighted by molar-refractivity contribution is 6.68. The van der Waals surface area contributed by atoms with Crippen LogP contribution in [0, 0.1) is 0 Å². The van der Waals surface area contributed by atoms with Crippen LogP contribution in [0.5, 0.6) is 0 Å². The van der Waals surface area contributed by atoms with Gasteiger partial charge in [-0.3, -0.25) is 0 Å². The molecule has 0 aliphatic heterocycles. The Morgan fingerprint density at radius 1 is 1.29 bits per heavy atom. The smallest absolute Gasteiger partial charge is 0.341 e. The van der Waals surface area contributed by atoms with Crippen molar-refractivity contribution in [3.8, 4) is 0 Å². The van der Waals surface area contributed by atoms with Gasteiger partial charge in [0, 0.05) is 0 Å². The van der Waals surface area contributed by atoms with E-state index in [9.17, 15) is 17.6 Å². The van der Waals surface area contributed by atoms with E-state index in [0.717, 1.165) is 0 Å². The second-order valence-corrected chi connectivity index (χ2v) is 7.03. The lowest BCUT2D eigenvalue weighted by Gasteiger charge is -2.12. The molecule has 86 valence electrons. The third-order valence-electron chi connectivity index (χ3n) is 1.34. The van der Waals surface area contributed by atoms with Crippen LogP contribution in [0.15, 0.2) is 0 Å². The minimum Gasteiger partial charge on any atom is -0.341 e. The summed E-state index contributed by atoms with van der Waals surface area (Å²) in [5.41, 5.74) is 0. The summed E-state index contributed by atoms with van der Waals surface area (Å²) in [5.74, 6) is 0. The third kappa shape index (κ3) is 7.84. The Labute approximate surface area is 91.5 Å². The molecule has 1 nitrogen and oxygen atoms in total. The van der Waals surface area contributed by atoms with E-state index in [2.05, 4.69) is 4.74 Å². The maximum Gasteiger partial charge on any atom is 0.445 e. The summed E-state index contributed by atoms with van der Waals surface area (Å²) in [6, 6.07) is 0.641. The van der Waals surface area contributed by atoms with Crippen LogP contribution in [-0.4, -0.2) is 33.1 Å². The molecule has 0 saturated heterocycles. The molecule has 0 aromatic heterocycles. The molecule has 0 fully saturated rings. The highest BCUT2D eigenvalue weighted by atomic mass is 35.5. The van der Waals surface area contributed by atoms with Crippen LogP contribution in [0.2, 0.25) is 6.04 Å². The highest BCUT2D eigenvalue weighted by Crippen LogP contribution is 2.23. The molecule has 8 heteroatoms. The van der Waals surface area contributed by atoms with Crippen LogP contribution in [0.3, 0.4) is 0 Å². The van der Waals surface area contributed by atoms with Gasteiger partial charge in [0.15, 0.2) is 0 Å². The van der Waals surface area contributed by atoms with Gasteiger partial charge in [0.25, 0.3) is 6.36 Å². The highest BCUT2D eigenvalue weighted by Gasteiger charge is 2.41. The van der Waals surface area contributed by atoms with Crippen molar-refractivity contribution in [1.82, 2.24) is 0 Å². The van der Waals surface area contributed by atoms with Gasteiger partial charge < -0.3 is 4.74 Å². The van der Waals surface area contributed by atoms with Crippen LogP contribution in [0.1, 0.15) is 6.42 Å². The minimum absolute atomic E-state index is 0.256. The Morgan fingerprint density at radius 2 is 1.86 bits per heavy atom. The first kappa shape index (κ1) is 14.5. The molecule has 0 radical (unpaired) electrons. The lowest BCUT2D eigenvalue weighted by Crippen LogP contribution is -2.27. The molecule has 0 aromatic rings. The molecular weight excluding hydrogens is 263 g/mol. The summed E-state index contributed by atoms with van der Waals surface area (Å²) in [6.07, 6.45) is -7.76. The summed E-state index contributed by atoms with van der Waals surface area (Å²) < 4.78 is 50.3. The fourth-order valence-corrected chi connectivity index (χ4v) is 2.41. The van der Waals surface area contributed by atoms with Gasteiger partial charge in [0.2, 0.25) is 0 Å². The number of halogens is 6. The first-order valence-electron chi connectivity index (χ1n) is 3.94. The lowest BCUT2D eigenvalue weighted by atomic mass is 10.5. The Balaban J connectivity index is 3.37. The Kier molecular flexibility index (Phi) is 7.10. The van der Waals surface area contributed by atoms with E-state index < -0.39 is 26.5 Å². The largest absolute Gasteiger partial charge is 0.445 e. The van der Waals surface area contributed by atoms with Gasteiger partial charge in [0.05, 0.1) is 20.6 Å². The van der Waals surface area contributed by atoms with Gasteiger partial charge in [-0.1, -0.05) is 6.04 Å². The van der Waals surface area contributed by atoms with E-state index in [-0.39, 0.29) is 6.61 Å². The molecule has 0 aromatic carbocycles. The molecule has 0 aliphatic rings. The van der Waals surface area contributed by atoms with E-state index in [1.165, 1.54) is 0 Å². The van der Waals surface area contributed by atoms with E-state index in [1.807, 2.05) is 0 Å². The fourth-order valence-electron chi connectivity index (χ4n) is 0.682. The molecule has 0 aliphatic carbocycles. The van der Waals surface area contributed by atoms with Crippen molar-refractivity contribution in [2.24, 2.45) is 0 Å². The van der Waals surface area contributed by atoms with E-state index >= 15 is 0 Å². The molecule has 0 spiro atoms. The number of hydrogen-bond acceptors (Lipinski definition) is 1. The van der Waals surface area contributed by atoms with Gasteiger partial charge in [0.1, 0.15) is 0 Å². The topological polar surface area (TPSA) is 9.23 Å². The van der Waals surface area contributed by atoms with Gasteiger partial charge in [-0.25, -0.2) is 4.39 Å². The summed E-state index contributed by atoms with van der Waals surface area (Å²) >= 11 is 10.8. The molecule has 1 atom stereocenters. The molecule has 0 N–H and O–H groups in total. The molecule has 0 heterocycles. The molecular formula is C6H10Cl2F4OSi. The van der Waals surface area contributed by atoms with Crippen molar-refractivity contribution < 1.29 is 22.3 Å². The quantitative estimate of drug-likeness (QED) is 0.313. The maximum atomic E-state index is 12.1. The van der Waals surface area contributed by atoms with E-state index in [1.54, 1.807) is 0 Å². The van der Waals surface area contributed by atoms with Crippen molar-refractivity contribution in [3.63, 3.8) is 0 Å². The van der Waals surface area contributed by atoms with Crippen molar-refractivity contribution in [2.75, 3.05) is 6.61 Å². The van der Waals surface area contributed by atoms with Gasteiger partial charge >= 0.3 is 6.18 Å². The summed E-state index contributed by atoms with van der Waals surface area (Å²) in [4.78, 5) is 0. The number of alkyl halides is 6. The van der Waals surface area contributed by atoms with Gasteiger partial charge in [-0.15, -0.1) is 23.2 Å². The molecule has 0 amide bonds. The van der Waals surface area contributed by atoms with Gasteiger partial charge in [-0.05, 0) is 6.42 Å². The van der Waals surface area contributed by atoms with Crippen LogP contribution < -0.4 is 0 Å². The summed E-state index contributed by atoms with van der Waals surface area (Å²) in [6.45, 7) is -0.256. The van der Waals surface area contributed by atoms with Crippen LogP contribution in [-0.2, 0) is 4.74 Å². The average Bonchev–Trinajstić information content (AvgIpc) is 2.01. The Bertz CT molecular complexity index is 155. The maximum absolute atomic E-state index is 12.1. The minimum atomic E-state index is -4.93. The van der Waals surface area contributed by atoms with Crippen molar-refractivity contribution >= 4 is 32.7 Å². The predicted molar refractivity (Wildman–Crippen MR) is 50.4 cm³/mol. The van der Waals surface area contributed by atoms with Crippen molar-refractivity contribution in [3.05, 3.63) is 0 Å². The zero-order valence-corrected chi connectivity index (χ0v) is 10.1. The summed E-state index contributed by atoms with van der Waals surface area (Å²) in [7, 11) is -0.686. The third-order valence-corrected chi connectivity index (χ3v) is 3.99. The van der Waals surface area contributed by atoms with Crippen molar-refractivity contribution in [1.29, 1.82) is 0 Å². The van der Waals surface area contributed by atoms with E-state index in [0.29, 0.717) is 12.5 Å². The lowest BCUT2D eigenvalue weighted by molar-refractivity contribution is -0.264. The molecule has 14 heavy (non-hydrogen) atoms. The van der Waals surface area contributed by atoms with Crippen LogP contribution >= 0.6 is 23.2 Å². The summed E-state index contributed by atoms with van der Waals surface area (Å²) in [5, 5.41) is 0. The average molecular weight is 273 g/mol. The number of ether oxygens (including phenoxy) is 1. The first-order chi connectivity index (χ1) is 6.34. The monoisotopic (exact) mass is 272 g/mol. The van der Waals surface area contributed by atoms with Crippen LogP contribution in [0.4, 0.5) is 17.6 Å².